The first kappa shape index (κ1) is 12.7. The van der Waals surface area contributed by atoms with Crippen molar-refractivity contribution in [3.8, 4) is 0 Å². The summed E-state index contributed by atoms with van der Waals surface area (Å²) in [6.45, 7) is 2.37. The SMILES string of the molecule is Cc1cc(NC=O)cc(N2CCC(F)(F)CC2)n1. The highest BCUT2D eigenvalue weighted by atomic mass is 19.3. The van der Waals surface area contributed by atoms with Gasteiger partial charge in [0, 0.05) is 43.4 Å². The van der Waals surface area contributed by atoms with Gasteiger partial charge in [0.15, 0.2) is 0 Å². The quantitative estimate of drug-likeness (QED) is 0.842. The number of pyridine rings is 1. The summed E-state index contributed by atoms with van der Waals surface area (Å²) in [6, 6.07) is 3.43. The normalized spacial score (nSPS) is 18.5. The monoisotopic (exact) mass is 255 g/mol. The molecule has 1 aliphatic rings. The number of aryl methyl sites for hydroxylation is 1. The van der Waals surface area contributed by atoms with Gasteiger partial charge in [-0.15, -0.1) is 0 Å². The van der Waals surface area contributed by atoms with Crippen LogP contribution < -0.4 is 10.2 Å². The van der Waals surface area contributed by atoms with Crippen LogP contribution in [0.4, 0.5) is 20.3 Å². The Morgan fingerprint density at radius 3 is 2.67 bits per heavy atom. The zero-order chi connectivity index (χ0) is 13.2. The van der Waals surface area contributed by atoms with Crippen molar-refractivity contribution in [1.82, 2.24) is 4.98 Å². The van der Waals surface area contributed by atoms with E-state index in [1.807, 2.05) is 4.90 Å². The van der Waals surface area contributed by atoms with Crippen molar-refractivity contribution in [2.45, 2.75) is 25.7 Å². The number of rotatable bonds is 3. The molecule has 1 fully saturated rings. The minimum absolute atomic E-state index is 0.154. The summed E-state index contributed by atoms with van der Waals surface area (Å²) in [4.78, 5) is 16.5. The molecule has 0 aromatic carbocycles. The lowest BCUT2D eigenvalue weighted by Gasteiger charge is -2.32. The molecular formula is C12H15F2N3O. The van der Waals surface area contributed by atoms with Gasteiger partial charge in [0.25, 0.3) is 5.92 Å². The van der Waals surface area contributed by atoms with Crippen LogP contribution in [0.1, 0.15) is 18.5 Å². The summed E-state index contributed by atoms with van der Waals surface area (Å²) in [5, 5.41) is 2.55. The maximum absolute atomic E-state index is 13.1. The molecule has 0 saturated carbocycles. The largest absolute Gasteiger partial charge is 0.356 e. The second-order valence-corrected chi connectivity index (χ2v) is 4.46. The maximum Gasteiger partial charge on any atom is 0.251 e. The van der Waals surface area contributed by atoms with E-state index in [-0.39, 0.29) is 25.9 Å². The van der Waals surface area contributed by atoms with Gasteiger partial charge in [0.05, 0.1) is 0 Å². The van der Waals surface area contributed by atoms with Crippen LogP contribution in [0.3, 0.4) is 0 Å². The number of hydrogen-bond donors (Lipinski definition) is 1. The predicted octanol–water partition coefficient (Wildman–Crippen LogP) is 2.19. The molecule has 1 saturated heterocycles. The zero-order valence-corrected chi connectivity index (χ0v) is 10.1. The third-order valence-corrected chi connectivity index (χ3v) is 2.98. The average molecular weight is 255 g/mol. The molecule has 0 bridgehead atoms. The van der Waals surface area contributed by atoms with Crippen molar-refractivity contribution in [3.05, 3.63) is 17.8 Å². The second-order valence-electron chi connectivity index (χ2n) is 4.46. The number of halogens is 2. The van der Waals surface area contributed by atoms with E-state index < -0.39 is 5.92 Å². The molecule has 0 aliphatic carbocycles. The van der Waals surface area contributed by atoms with Gasteiger partial charge >= 0.3 is 0 Å². The summed E-state index contributed by atoms with van der Waals surface area (Å²) < 4.78 is 26.1. The van der Waals surface area contributed by atoms with Crippen LogP contribution in [0.15, 0.2) is 12.1 Å². The Morgan fingerprint density at radius 1 is 1.39 bits per heavy atom. The predicted molar refractivity (Wildman–Crippen MR) is 65.1 cm³/mol. The molecule has 1 N–H and O–H groups in total. The summed E-state index contributed by atoms with van der Waals surface area (Å²) in [6.07, 6.45) is 0.279. The van der Waals surface area contributed by atoms with Crippen molar-refractivity contribution in [2.24, 2.45) is 0 Å². The summed E-state index contributed by atoms with van der Waals surface area (Å²) in [7, 11) is 0. The van der Waals surface area contributed by atoms with Gasteiger partial charge in [-0.25, -0.2) is 13.8 Å². The number of alkyl halides is 2. The summed E-state index contributed by atoms with van der Waals surface area (Å²) >= 11 is 0. The molecule has 2 heterocycles. The van der Waals surface area contributed by atoms with Crippen LogP contribution in [0.5, 0.6) is 0 Å². The van der Waals surface area contributed by atoms with E-state index in [0.29, 0.717) is 17.9 Å². The third kappa shape index (κ3) is 2.94. The molecule has 4 nitrogen and oxygen atoms in total. The molecule has 1 amide bonds. The standard InChI is InChI=1S/C12H15F2N3O/c1-9-6-10(15-8-18)7-11(16-9)17-4-2-12(13,14)3-5-17/h6-8H,2-5H2,1H3,(H,15,16,18). The lowest BCUT2D eigenvalue weighted by molar-refractivity contribution is -0.105. The highest BCUT2D eigenvalue weighted by molar-refractivity contribution is 5.73. The number of piperidine rings is 1. The fourth-order valence-electron chi connectivity index (χ4n) is 2.03. The van der Waals surface area contributed by atoms with E-state index in [0.717, 1.165) is 5.69 Å². The highest BCUT2D eigenvalue weighted by Gasteiger charge is 2.34. The number of nitrogens with zero attached hydrogens (tertiary/aromatic N) is 2. The molecule has 6 heteroatoms. The Bertz CT molecular complexity index is 441. The number of amides is 1. The molecule has 1 aliphatic heterocycles. The van der Waals surface area contributed by atoms with E-state index in [1.54, 1.807) is 19.1 Å². The first-order valence-electron chi connectivity index (χ1n) is 5.82. The van der Waals surface area contributed by atoms with Crippen LogP contribution in [0, 0.1) is 6.92 Å². The number of nitrogens with one attached hydrogen (secondary N) is 1. The zero-order valence-electron chi connectivity index (χ0n) is 10.1. The van der Waals surface area contributed by atoms with Gasteiger partial charge in [0.2, 0.25) is 6.41 Å². The Labute approximate surface area is 104 Å². The van der Waals surface area contributed by atoms with Crippen LogP contribution >= 0.6 is 0 Å². The topological polar surface area (TPSA) is 45.2 Å². The van der Waals surface area contributed by atoms with Crippen molar-refractivity contribution in [2.75, 3.05) is 23.3 Å². The molecule has 0 atom stereocenters. The average Bonchev–Trinajstić information content (AvgIpc) is 2.28. The van der Waals surface area contributed by atoms with E-state index in [9.17, 15) is 13.6 Å². The highest BCUT2D eigenvalue weighted by Crippen LogP contribution is 2.30. The molecule has 98 valence electrons. The molecule has 0 radical (unpaired) electrons. The van der Waals surface area contributed by atoms with Gasteiger partial charge in [0.1, 0.15) is 5.82 Å². The minimum Gasteiger partial charge on any atom is -0.356 e. The van der Waals surface area contributed by atoms with Crippen LogP contribution in [-0.2, 0) is 4.79 Å². The van der Waals surface area contributed by atoms with E-state index in [4.69, 9.17) is 0 Å². The number of carbonyl (C=O) groups excluding carboxylic acids is 1. The molecule has 1 aromatic rings. The van der Waals surface area contributed by atoms with Crippen molar-refractivity contribution < 1.29 is 13.6 Å². The number of anilines is 2. The Hall–Kier alpha value is -1.72. The van der Waals surface area contributed by atoms with Crippen LogP contribution in [-0.4, -0.2) is 30.4 Å². The molecule has 18 heavy (non-hydrogen) atoms. The van der Waals surface area contributed by atoms with E-state index in [2.05, 4.69) is 10.3 Å². The first-order valence-corrected chi connectivity index (χ1v) is 5.82. The van der Waals surface area contributed by atoms with Crippen molar-refractivity contribution in [1.29, 1.82) is 0 Å². The lowest BCUT2D eigenvalue weighted by Crippen LogP contribution is -2.39. The fourth-order valence-corrected chi connectivity index (χ4v) is 2.03. The van der Waals surface area contributed by atoms with Crippen molar-refractivity contribution >= 4 is 17.9 Å². The number of carbonyl (C=O) groups is 1. The van der Waals surface area contributed by atoms with Gasteiger partial charge in [-0.05, 0) is 13.0 Å². The van der Waals surface area contributed by atoms with Crippen LogP contribution in [0.25, 0.3) is 0 Å². The Morgan fingerprint density at radius 2 is 2.06 bits per heavy atom. The Kier molecular flexibility index (Phi) is 3.45. The molecular weight excluding hydrogens is 240 g/mol. The van der Waals surface area contributed by atoms with E-state index >= 15 is 0 Å². The fraction of sp³-hybridized carbons (Fsp3) is 0.500. The summed E-state index contributed by atoms with van der Waals surface area (Å²) in [5.74, 6) is -1.93. The molecule has 2 rings (SSSR count). The van der Waals surface area contributed by atoms with Gasteiger partial charge in [-0.2, -0.15) is 0 Å². The van der Waals surface area contributed by atoms with Gasteiger partial charge in [-0.1, -0.05) is 0 Å². The smallest absolute Gasteiger partial charge is 0.251 e. The first-order chi connectivity index (χ1) is 8.50. The number of hydrogen-bond acceptors (Lipinski definition) is 3. The molecule has 0 spiro atoms. The minimum atomic E-state index is -2.57. The van der Waals surface area contributed by atoms with Crippen LogP contribution in [0.2, 0.25) is 0 Å². The second kappa shape index (κ2) is 4.88. The van der Waals surface area contributed by atoms with Gasteiger partial charge < -0.3 is 10.2 Å². The maximum atomic E-state index is 13.1. The summed E-state index contributed by atoms with van der Waals surface area (Å²) in [5.41, 5.74) is 1.37. The third-order valence-electron chi connectivity index (χ3n) is 2.98. The molecule has 0 unspecified atom stereocenters. The molecule has 1 aromatic heterocycles. The van der Waals surface area contributed by atoms with E-state index in [1.165, 1.54) is 0 Å². The lowest BCUT2D eigenvalue weighted by atomic mass is 10.1. The Balaban J connectivity index is 2.16. The number of aromatic nitrogens is 1. The van der Waals surface area contributed by atoms with Crippen molar-refractivity contribution in [3.63, 3.8) is 0 Å². The van der Waals surface area contributed by atoms with Gasteiger partial charge in [-0.3, -0.25) is 4.79 Å².